The monoisotopic (exact) mass is 278 g/mol. The van der Waals surface area contributed by atoms with Crippen molar-refractivity contribution in [2.45, 2.75) is 38.9 Å². The van der Waals surface area contributed by atoms with E-state index in [9.17, 15) is 13.2 Å². The lowest BCUT2D eigenvalue weighted by atomic mass is 9.97. The van der Waals surface area contributed by atoms with Gasteiger partial charge in [0.1, 0.15) is 0 Å². The highest BCUT2D eigenvalue weighted by atomic mass is 32.1. The second-order valence-electron chi connectivity index (χ2n) is 4.70. The van der Waals surface area contributed by atoms with E-state index in [4.69, 9.17) is 0 Å². The summed E-state index contributed by atoms with van der Waals surface area (Å²) in [7, 11) is 0. The number of hydrogen-bond donors (Lipinski definition) is 0. The summed E-state index contributed by atoms with van der Waals surface area (Å²) in [5.41, 5.74) is 0.902. The predicted octanol–water partition coefficient (Wildman–Crippen LogP) is 3.48. The Bertz CT molecular complexity index is 389. The Morgan fingerprint density at radius 3 is 2.89 bits per heavy atom. The van der Waals surface area contributed by atoms with Crippen LogP contribution in [0.3, 0.4) is 0 Å². The number of alkyl halides is 3. The summed E-state index contributed by atoms with van der Waals surface area (Å²) in [6.07, 6.45) is -2.29. The lowest BCUT2D eigenvalue weighted by Gasteiger charge is -2.33. The first-order chi connectivity index (χ1) is 8.49. The van der Waals surface area contributed by atoms with E-state index in [2.05, 4.69) is 4.98 Å². The molecular weight excluding hydrogens is 261 g/mol. The van der Waals surface area contributed by atoms with Crippen LogP contribution in [0.25, 0.3) is 0 Å². The van der Waals surface area contributed by atoms with E-state index in [1.54, 1.807) is 11.3 Å². The molecule has 1 aromatic rings. The fourth-order valence-corrected chi connectivity index (χ4v) is 3.02. The summed E-state index contributed by atoms with van der Waals surface area (Å²) in [5, 5.41) is 3.00. The largest absolute Gasteiger partial charge is 0.393 e. The van der Waals surface area contributed by atoms with Gasteiger partial charge in [0.05, 0.1) is 16.6 Å². The van der Waals surface area contributed by atoms with Crippen molar-refractivity contribution < 1.29 is 13.2 Å². The molecule has 0 bridgehead atoms. The van der Waals surface area contributed by atoms with E-state index >= 15 is 0 Å². The summed E-state index contributed by atoms with van der Waals surface area (Å²) < 4.78 is 38.0. The molecule has 1 unspecified atom stereocenters. The van der Waals surface area contributed by atoms with E-state index in [1.165, 1.54) is 0 Å². The molecule has 0 amide bonds. The molecule has 1 saturated heterocycles. The van der Waals surface area contributed by atoms with Crippen molar-refractivity contribution in [3.8, 4) is 0 Å². The average molecular weight is 278 g/mol. The van der Waals surface area contributed by atoms with Crippen LogP contribution in [0.2, 0.25) is 0 Å². The van der Waals surface area contributed by atoms with Crippen LogP contribution in [0.5, 0.6) is 0 Å². The maximum absolute atomic E-state index is 12.7. The highest BCUT2D eigenvalue weighted by molar-refractivity contribution is 7.09. The SMILES string of the molecule is CCc1nc(CN2CCCC(C(F)(F)F)C2)cs1. The molecule has 0 spiro atoms. The van der Waals surface area contributed by atoms with E-state index in [1.807, 2.05) is 17.2 Å². The normalized spacial score (nSPS) is 22.3. The smallest absolute Gasteiger partial charge is 0.297 e. The van der Waals surface area contributed by atoms with Gasteiger partial charge in [-0.1, -0.05) is 6.92 Å². The molecule has 0 N–H and O–H groups in total. The molecular formula is C12H17F3N2S. The van der Waals surface area contributed by atoms with Crippen molar-refractivity contribution in [1.82, 2.24) is 9.88 Å². The number of nitrogens with zero attached hydrogens (tertiary/aromatic N) is 2. The van der Waals surface area contributed by atoms with Crippen LogP contribution in [0.4, 0.5) is 13.2 Å². The van der Waals surface area contributed by atoms with Crippen LogP contribution in [0.1, 0.15) is 30.5 Å². The molecule has 1 aliphatic heterocycles. The summed E-state index contributed by atoms with van der Waals surface area (Å²) in [5.74, 6) is -1.17. The maximum Gasteiger partial charge on any atom is 0.393 e. The summed E-state index contributed by atoms with van der Waals surface area (Å²) in [6, 6.07) is 0. The predicted molar refractivity (Wildman–Crippen MR) is 65.5 cm³/mol. The van der Waals surface area contributed by atoms with Crippen LogP contribution < -0.4 is 0 Å². The van der Waals surface area contributed by atoms with Gasteiger partial charge in [-0.25, -0.2) is 4.98 Å². The van der Waals surface area contributed by atoms with Gasteiger partial charge in [-0.2, -0.15) is 13.2 Å². The van der Waals surface area contributed by atoms with Gasteiger partial charge in [0.15, 0.2) is 0 Å². The van der Waals surface area contributed by atoms with Crippen LogP contribution in [-0.4, -0.2) is 29.1 Å². The third-order valence-corrected chi connectivity index (χ3v) is 4.30. The second-order valence-corrected chi connectivity index (χ2v) is 5.64. The van der Waals surface area contributed by atoms with Crippen molar-refractivity contribution in [3.63, 3.8) is 0 Å². The Morgan fingerprint density at radius 1 is 1.50 bits per heavy atom. The van der Waals surface area contributed by atoms with Gasteiger partial charge in [-0.05, 0) is 25.8 Å². The Balaban J connectivity index is 1.93. The molecule has 0 aliphatic carbocycles. The van der Waals surface area contributed by atoms with Crippen LogP contribution in [0, 0.1) is 5.92 Å². The Morgan fingerprint density at radius 2 is 2.28 bits per heavy atom. The standard InChI is InChI=1S/C12H17F3N2S/c1-2-11-16-10(8-18-11)7-17-5-3-4-9(6-17)12(13,14)15/h8-9H,2-7H2,1H3. The van der Waals surface area contributed by atoms with Crippen molar-refractivity contribution in [1.29, 1.82) is 0 Å². The molecule has 1 fully saturated rings. The molecule has 1 aromatic heterocycles. The van der Waals surface area contributed by atoms with E-state index < -0.39 is 12.1 Å². The number of aryl methyl sites for hydroxylation is 1. The lowest BCUT2D eigenvalue weighted by Crippen LogP contribution is -2.41. The highest BCUT2D eigenvalue weighted by Gasteiger charge is 2.41. The van der Waals surface area contributed by atoms with Gasteiger partial charge in [-0.15, -0.1) is 11.3 Å². The fourth-order valence-electron chi connectivity index (χ4n) is 2.28. The number of likely N-dealkylation sites (tertiary alicyclic amines) is 1. The maximum atomic E-state index is 12.7. The Labute approximate surface area is 109 Å². The molecule has 0 radical (unpaired) electrons. The van der Waals surface area contributed by atoms with Gasteiger partial charge in [0, 0.05) is 18.5 Å². The number of piperidine rings is 1. The zero-order chi connectivity index (χ0) is 13.2. The molecule has 0 aromatic carbocycles. The van der Waals surface area contributed by atoms with Crippen LogP contribution in [0.15, 0.2) is 5.38 Å². The molecule has 6 heteroatoms. The zero-order valence-corrected chi connectivity index (χ0v) is 11.2. The zero-order valence-electron chi connectivity index (χ0n) is 10.3. The topological polar surface area (TPSA) is 16.1 Å². The van der Waals surface area contributed by atoms with Gasteiger partial charge in [0.2, 0.25) is 0 Å². The fraction of sp³-hybridized carbons (Fsp3) is 0.750. The first kappa shape index (κ1) is 13.8. The molecule has 102 valence electrons. The molecule has 0 saturated carbocycles. The van der Waals surface area contributed by atoms with E-state index in [0.29, 0.717) is 13.0 Å². The second kappa shape index (κ2) is 5.57. The molecule has 2 nitrogen and oxygen atoms in total. The minimum absolute atomic E-state index is 0.114. The number of thiazole rings is 1. The van der Waals surface area contributed by atoms with Gasteiger partial charge in [-0.3, -0.25) is 4.90 Å². The van der Waals surface area contributed by atoms with Crippen molar-refractivity contribution in [2.75, 3.05) is 13.1 Å². The third-order valence-electron chi connectivity index (χ3n) is 3.26. The van der Waals surface area contributed by atoms with Gasteiger partial charge < -0.3 is 0 Å². The third kappa shape index (κ3) is 3.45. The molecule has 2 heterocycles. The van der Waals surface area contributed by atoms with E-state index in [0.717, 1.165) is 23.7 Å². The highest BCUT2D eigenvalue weighted by Crippen LogP contribution is 2.33. The van der Waals surface area contributed by atoms with Crippen molar-refractivity contribution >= 4 is 11.3 Å². The Hall–Kier alpha value is -0.620. The number of aromatic nitrogens is 1. The minimum atomic E-state index is -4.06. The summed E-state index contributed by atoms with van der Waals surface area (Å²) in [4.78, 5) is 6.28. The Kier molecular flexibility index (Phi) is 4.27. The number of hydrogen-bond acceptors (Lipinski definition) is 3. The first-order valence-electron chi connectivity index (χ1n) is 6.21. The molecule has 1 aliphatic rings. The number of rotatable bonds is 3. The van der Waals surface area contributed by atoms with Crippen LogP contribution >= 0.6 is 11.3 Å². The molecule has 18 heavy (non-hydrogen) atoms. The summed E-state index contributed by atoms with van der Waals surface area (Å²) in [6.45, 7) is 3.43. The van der Waals surface area contributed by atoms with Crippen LogP contribution in [-0.2, 0) is 13.0 Å². The van der Waals surface area contributed by atoms with Crippen molar-refractivity contribution in [2.24, 2.45) is 5.92 Å². The van der Waals surface area contributed by atoms with Gasteiger partial charge >= 0.3 is 6.18 Å². The van der Waals surface area contributed by atoms with E-state index in [-0.39, 0.29) is 13.0 Å². The molecule has 2 rings (SSSR count). The average Bonchev–Trinajstić information content (AvgIpc) is 2.76. The summed E-state index contributed by atoms with van der Waals surface area (Å²) >= 11 is 1.58. The minimum Gasteiger partial charge on any atom is -0.297 e. The molecule has 1 atom stereocenters. The lowest BCUT2D eigenvalue weighted by molar-refractivity contribution is -0.187. The van der Waals surface area contributed by atoms with Gasteiger partial charge in [0.25, 0.3) is 0 Å². The first-order valence-corrected chi connectivity index (χ1v) is 7.09. The van der Waals surface area contributed by atoms with Crippen molar-refractivity contribution in [3.05, 3.63) is 16.1 Å². The quantitative estimate of drug-likeness (QED) is 0.841. The number of halogens is 3.